The normalized spacial score (nSPS) is 11.0. The number of nitrogens with zero attached hydrogens (tertiary/aromatic N) is 1. The molecule has 0 atom stereocenters. The summed E-state index contributed by atoms with van der Waals surface area (Å²) in [5.41, 5.74) is 1.11. The highest BCUT2D eigenvalue weighted by molar-refractivity contribution is 7.17. The molecule has 5 heteroatoms. The van der Waals surface area contributed by atoms with E-state index in [0.29, 0.717) is 12.5 Å². The van der Waals surface area contributed by atoms with Crippen molar-refractivity contribution in [2.45, 2.75) is 12.8 Å². The van der Waals surface area contributed by atoms with Gasteiger partial charge in [-0.2, -0.15) is 0 Å². The SMILES string of the molecule is Fc1cccc2scc(CCCNCCOc3ccccn3)c12. The van der Waals surface area contributed by atoms with Crippen molar-refractivity contribution in [2.24, 2.45) is 0 Å². The molecule has 0 aliphatic carbocycles. The van der Waals surface area contributed by atoms with E-state index in [1.165, 1.54) is 6.07 Å². The lowest BCUT2D eigenvalue weighted by molar-refractivity contribution is 0.302. The van der Waals surface area contributed by atoms with E-state index in [0.717, 1.165) is 41.6 Å². The largest absolute Gasteiger partial charge is 0.476 e. The molecule has 0 saturated heterocycles. The van der Waals surface area contributed by atoms with Crippen LogP contribution in [0.4, 0.5) is 4.39 Å². The second-order valence-electron chi connectivity index (χ2n) is 5.24. The molecule has 3 aromatic rings. The average Bonchev–Trinajstić information content (AvgIpc) is 2.99. The van der Waals surface area contributed by atoms with Gasteiger partial charge in [0.25, 0.3) is 0 Å². The Morgan fingerprint density at radius 2 is 2.09 bits per heavy atom. The first kappa shape index (κ1) is 15.9. The number of thiophene rings is 1. The van der Waals surface area contributed by atoms with Gasteiger partial charge < -0.3 is 10.1 Å². The average molecular weight is 330 g/mol. The lowest BCUT2D eigenvalue weighted by Gasteiger charge is -2.06. The molecule has 0 fully saturated rings. The number of fused-ring (bicyclic) bond motifs is 1. The number of aromatic nitrogens is 1. The molecule has 0 unspecified atom stereocenters. The van der Waals surface area contributed by atoms with Crippen LogP contribution in [0.3, 0.4) is 0 Å². The zero-order chi connectivity index (χ0) is 15.9. The quantitative estimate of drug-likeness (QED) is 0.633. The summed E-state index contributed by atoms with van der Waals surface area (Å²) in [7, 11) is 0. The van der Waals surface area contributed by atoms with E-state index >= 15 is 0 Å². The van der Waals surface area contributed by atoms with Crippen LogP contribution in [0.2, 0.25) is 0 Å². The van der Waals surface area contributed by atoms with Gasteiger partial charge in [-0.05, 0) is 48.5 Å². The highest BCUT2D eigenvalue weighted by Gasteiger charge is 2.08. The maximum atomic E-state index is 13.9. The Bertz CT molecular complexity index is 745. The van der Waals surface area contributed by atoms with Gasteiger partial charge in [0.15, 0.2) is 0 Å². The van der Waals surface area contributed by atoms with Gasteiger partial charge >= 0.3 is 0 Å². The van der Waals surface area contributed by atoms with Gasteiger partial charge in [0.05, 0.1) is 0 Å². The minimum Gasteiger partial charge on any atom is -0.476 e. The zero-order valence-electron chi connectivity index (χ0n) is 12.8. The third-order valence-electron chi connectivity index (χ3n) is 3.59. The number of halogens is 1. The molecule has 0 aliphatic rings. The zero-order valence-corrected chi connectivity index (χ0v) is 13.6. The van der Waals surface area contributed by atoms with Gasteiger partial charge in [-0.1, -0.05) is 12.1 Å². The van der Waals surface area contributed by atoms with Gasteiger partial charge in [0, 0.05) is 28.9 Å². The molecule has 3 nitrogen and oxygen atoms in total. The molecular formula is C18H19FN2OS. The van der Waals surface area contributed by atoms with Crippen LogP contribution >= 0.6 is 11.3 Å². The minimum atomic E-state index is -0.115. The number of nitrogens with one attached hydrogen (secondary N) is 1. The summed E-state index contributed by atoms with van der Waals surface area (Å²) in [5, 5.41) is 6.19. The first-order chi connectivity index (χ1) is 11.3. The molecule has 120 valence electrons. The monoisotopic (exact) mass is 330 g/mol. The number of hydrogen-bond donors (Lipinski definition) is 1. The van der Waals surface area contributed by atoms with Crippen LogP contribution in [0.15, 0.2) is 48.0 Å². The van der Waals surface area contributed by atoms with Crippen molar-refractivity contribution in [3.8, 4) is 5.88 Å². The van der Waals surface area contributed by atoms with Crippen LogP contribution in [0.1, 0.15) is 12.0 Å². The van der Waals surface area contributed by atoms with Crippen molar-refractivity contribution in [3.05, 3.63) is 59.4 Å². The first-order valence-corrected chi connectivity index (χ1v) is 8.62. The maximum absolute atomic E-state index is 13.9. The Morgan fingerprint density at radius 3 is 2.96 bits per heavy atom. The Kier molecular flexibility index (Phi) is 5.56. The number of benzene rings is 1. The third kappa shape index (κ3) is 4.27. The fraction of sp³-hybridized carbons (Fsp3) is 0.278. The molecule has 0 spiro atoms. The van der Waals surface area contributed by atoms with Crippen LogP contribution in [-0.2, 0) is 6.42 Å². The number of aryl methyl sites for hydroxylation is 1. The molecular weight excluding hydrogens is 311 g/mol. The highest BCUT2D eigenvalue weighted by Crippen LogP contribution is 2.28. The van der Waals surface area contributed by atoms with Crippen LogP contribution in [0.5, 0.6) is 5.88 Å². The number of ether oxygens (including phenoxy) is 1. The first-order valence-electron chi connectivity index (χ1n) is 7.74. The standard InChI is InChI=1S/C18H19FN2OS/c19-15-6-3-7-16-18(15)14(13-23-16)5-4-9-20-11-12-22-17-8-1-2-10-21-17/h1-3,6-8,10,13,20H,4-5,9,11-12H2. The summed E-state index contributed by atoms with van der Waals surface area (Å²) in [6, 6.07) is 10.9. The number of rotatable bonds is 8. The predicted molar refractivity (Wildman–Crippen MR) is 92.7 cm³/mol. The second-order valence-corrected chi connectivity index (χ2v) is 6.16. The van der Waals surface area contributed by atoms with E-state index in [-0.39, 0.29) is 5.82 Å². The predicted octanol–water partition coefficient (Wildman–Crippen LogP) is 4.04. The molecule has 2 aromatic heterocycles. The minimum absolute atomic E-state index is 0.115. The maximum Gasteiger partial charge on any atom is 0.213 e. The van der Waals surface area contributed by atoms with Crippen molar-refractivity contribution in [3.63, 3.8) is 0 Å². The van der Waals surface area contributed by atoms with Crippen LogP contribution in [0.25, 0.3) is 10.1 Å². The molecule has 0 radical (unpaired) electrons. The highest BCUT2D eigenvalue weighted by atomic mass is 32.1. The van der Waals surface area contributed by atoms with Crippen molar-refractivity contribution in [1.29, 1.82) is 0 Å². The summed E-state index contributed by atoms with van der Waals surface area (Å²) in [4.78, 5) is 4.10. The Labute approximate surface area is 139 Å². The molecule has 1 N–H and O–H groups in total. The van der Waals surface area contributed by atoms with Crippen molar-refractivity contribution in [1.82, 2.24) is 10.3 Å². The molecule has 0 saturated carbocycles. The topological polar surface area (TPSA) is 34.1 Å². The van der Waals surface area contributed by atoms with Crippen molar-refractivity contribution in [2.75, 3.05) is 19.7 Å². The third-order valence-corrected chi connectivity index (χ3v) is 4.59. The van der Waals surface area contributed by atoms with Crippen molar-refractivity contribution < 1.29 is 9.13 Å². The van der Waals surface area contributed by atoms with Gasteiger partial charge in [-0.25, -0.2) is 9.37 Å². The fourth-order valence-corrected chi connectivity index (χ4v) is 3.49. The van der Waals surface area contributed by atoms with E-state index < -0.39 is 0 Å². The lowest BCUT2D eigenvalue weighted by atomic mass is 10.1. The molecule has 3 rings (SSSR count). The molecule has 1 aromatic carbocycles. The smallest absolute Gasteiger partial charge is 0.213 e. The van der Waals surface area contributed by atoms with Crippen LogP contribution in [0, 0.1) is 5.82 Å². The summed E-state index contributed by atoms with van der Waals surface area (Å²) in [6.45, 7) is 2.25. The van der Waals surface area contributed by atoms with Gasteiger partial charge in [0.2, 0.25) is 5.88 Å². The van der Waals surface area contributed by atoms with Gasteiger partial charge in [-0.3, -0.25) is 0 Å². The Hall–Kier alpha value is -1.98. The Balaban J connectivity index is 1.37. The molecule has 0 aliphatic heterocycles. The van der Waals surface area contributed by atoms with Gasteiger partial charge in [0.1, 0.15) is 12.4 Å². The molecule has 0 amide bonds. The van der Waals surface area contributed by atoms with Crippen molar-refractivity contribution >= 4 is 21.4 Å². The van der Waals surface area contributed by atoms with Crippen LogP contribution < -0.4 is 10.1 Å². The summed E-state index contributed by atoms with van der Waals surface area (Å²) in [5.74, 6) is 0.532. The van der Waals surface area contributed by atoms with E-state index in [9.17, 15) is 4.39 Å². The summed E-state index contributed by atoms with van der Waals surface area (Å²) < 4.78 is 20.4. The molecule has 2 heterocycles. The van der Waals surface area contributed by atoms with Crippen LogP contribution in [-0.4, -0.2) is 24.7 Å². The number of pyridine rings is 1. The van der Waals surface area contributed by atoms with E-state index in [1.54, 1.807) is 23.6 Å². The van der Waals surface area contributed by atoms with Gasteiger partial charge in [-0.15, -0.1) is 11.3 Å². The fourth-order valence-electron chi connectivity index (χ4n) is 2.48. The Morgan fingerprint density at radius 1 is 1.13 bits per heavy atom. The van der Waals surface area contributed by atoms with E-state index in [4.69, 9.17) is 4.74 Å². The number of hydrogen-bond acceptors (Lipinski definition) is 4. The molecule has 0 bridgehead atoms. The summed E-state index contributed by atoms with van der Waals surface area (Å²) in [6.07, 6.45) is 3.58. The van der Waals surface area contributed by atoms with E-state index in [1.807, 2.05) is 24.3 Å². The summed E-state index contributed by atoms with van der Waals surface area (Å²) >= 11 is 1.61. The molecule has 23 heavy (non-hydrogen) atoms. The van der Waals surface area contributed by atoms with E-state index in [2.05, 4.69) is 15.7 Å². The lowest BCUT2D eigenvalue weighted by Crippen LogP contribution is -2.22. The second kappa shape index (κ2) is 8.04.